The molecule has 132 valence electrons. The van der Waals surface area contributed by atoms with Crippen LogP contribution >= 0.6 is 12.4 Å². The van der Waals surface area contributed by atoms with Gasteiger partial charge < -0.3 is 10.5 Å². The molecule has 0 radical (unpaired) electrons. The molecule has 0 fully saturated rings. The second-order valence-corrected chi connectivity index (χ2v) is 6.65. The summed E-state index contributed by atoms with van der Waals surface area (Å²) in [5, 5.41) is 0. The normalized spacial score (nSPS) is 12.3. The highest BCUT2D eigenvalue weighted by Gasteiger charge is 2.19. The van der Waals surface area contributed by atoms with Crippen molar-refractivity contribution in [3.05, 3.63) is 29.8 Å². The number of rotatable bonds is 9. The molecule has 1 unspecified atom stereocenters. The zero-order chi connectivity index (χ0) is 16.6. The van der Waals surface area contributed by atoms with Crippen LogP contribution in [-0.4, -0.2) is 33.6 Å². The smallest absolute Gasteiger partial charge is 0.338 e. The zero-order valence-electron chi connectivity index (χ0n) is 13.4. The lowest BCUT2D eigenvalue weighted by Crippen LogP contribution is -2.40. The SMILES string of the molecule is CCCCC(CN)NS(=O)(=O)c1ccc(C(=O)OCC)cc1.Cl. The molecule has 0 bridgehead atoms. The summed E-state index contributed by atoms with van der Waals surface area (Å²) in [4.78, 5) is 11.7. The second kappa shape index (κ2) is 10.6. The summed E-state index contributed by atoms with van der Waals surface area (Å²) in [6.45, 7) is 4.27. The number of sulfonamides is 1. The van der Waals surface area contributed by atoms with Crippen molar-refractivity contribution in [2.75, 3.05) is 13.2 Å². The Morgan fingerprint density at radius 2 is 1.87 bits per heavy atom. The number of benzene rings is 1. The molecule has 0 aromatic heterocycles. The van der Waals surface area contributed by atoms with E-state index < -0.39 is 16.0 Å². The van der Waals surface area contributed by atoms with E-state index in [2.05, 4.69) is 4.72 Å². The first-order chi connectivity index (χ1) is 10.4. The molecule has 0 aliphatic rings. The molecule has 0 saturated carbocycles. The van der Waals surface area contributed by atoms with Gasteiger partial charge in [0.1, 0.15) is 0 Å². The Hall–Kier alpha value is -1.15. The molecule has 0 spiro atoms. The second-order valence-electron chi connectivity index (χ2n) is 4.94. The van der Waals surface area contributed by atoms with Crippen LogP contribution in [0.3, 0.4) is 0 Å². The molecule has 1 aromatic rings. The molecule has 23 heavy (non-hydrogen) atoms. The van der Waals surface area contributed by atoms with Gasteiger partial charge in [0.05, 0.1) is 17.1 Å². The molecule has 6 nitrogen and oxygen atoms in total. The van der Waals surface area contributed by atoms with Crippen molar-refractivity contribution in [1.29, 1.82) is 0 Å². The predicted octanol–water partition coefficient (Wildman–Crippen LogP) is 2.08. The minimum Gasteiger partial charge on any atom is -0.462 e. The Morgan fingerprint density at radius 1 is 1.26 bits per heavy atom. The van der Waals surface area contributed by atoms with Gasteiger partial charge in [0.25, 0.3) is 0 Å². The highest BCUT2D eigenvalue weighted by atomic mass is 35.5. The van der Waals surface area contributed by atoms with Crippen LogP contribution in [0.2, 0.25) is 0 Å². The number of esters is 1. The topological polar surface area (TPSA) is 98.5 Å². The summed E-state index contributed by atoms with van der Waals surface area (Å²) in [7, 11) is -3.64. The average Bonchev–Trinajstić information content (AvgIpc) is 2.51. The first kappa shape index (κ1) is 21.9. The van der Waals surface area contributed by atoms with E-state index >= 15 is 0 Å². The standard InChI is InChI=1S/C15H24N2O4S.ClH/c1-3-5-6-13(11-16)17-22(19,20)14-9-7-12(8-10-14)15(18)21-4-2;/h7-10,13,17H,3-6,11,16H2,1-2H3;1H. The summed E-state index contributed by atoms with van der Waals surface area (Å²) in [5.74, 6) is -0.470. The number of hydrogen-bond acceptors (Lipinski definition) is 5. The number of carbonyl (C=O) groups excluding carboxylic acids is 1. The Balaban J connectivity index is 0.00000484. The molecule has 0 saturated heterocycles. The minimum absolute atomic E-state index is 0. The van der Waals surface area contributed by atoms with Gasteiger partial charge >= 0.3 is 5.97 Å². The molecular formula is C15H25ClN2O4S. The molecule has 0 aliphatic heterocycles. The molecule has 3 N–H and O–H groups in total. The minimum atomic E-state index is -3.64. The summed E-state index contributed by atoms with van der Waals surface area (Å²) < 4.78 is 32.0. The van der Waals surface area contributed by atoms with Crippen molar-refractivity contribution in [2.45, 2.75) is 44.0 Å². The number of ether oxygens (including phenoxy) is 1. The summed E-state index contributed by atoms with van der Waals surface area (Å²) in [6.07, 6.45) is 2.59. The van der Waals surface area contributed by atoms with Gasteiger partial charge in [0, 0.05) is 12.6 Å². The third-order valence-electron chi connectivity index (χ3n) is 3.19. The number of halogens is 1. The summed E-state index contributed by atoms with van der Waals surface area (Å²) >= 11 is 0. The molecule has 0 amide bonds. The Bertz CT molecular complexity index is 576. The summed E-state index contributed by atoms with van der Waals surface area (Å²) in [6, 6.07) is 5.38. The van der Waals surface area contributed by atoms with Crippen LogP contribution in [0.15, 0.2) is 29.2 Å². The van der Waals surface area contributed by atoms with Crippen LogP contribution < -0.4 is 10.5 Å². The van der Waals surface area contributed by atoms with Crippen LogP contribution in [0.25, 0.3) is 0 Å². The first-order valence-corrected chi connectivity index (χ1v) is 8.92. The van der Waals surface area contributed by atoms with Gasteiger partial charge in [-0.25, -0.2) is 17.9 Å². The first-order valence-electron chi connectivity index (χ1n) is 7.44. The quantitative estimate of drug-likeness (QED) is 0.653. The fourth-order valence-electron chi connectivity index (χ4n) is 1.95. The van der Waals surface area contributed by atoms with E-state index in [1.54, 1.807) is 6.92 Å². The van der Waals surface area contributed by atoms with E-state index in [0.717, 1.165) is 12.8 Å². The third-order valence-corrected chi connectivity index (χ3v) is 4.72. The van der Waals surface area contributed by atoms with Gasteiger partial charge in [-0.15, -0.1) is 12.4 Å². The van der Waals surface area contributed by atoms with Gasteiger partial charge in [-0.1, -0.05) is 19.8 Å². The fraction of sp³-hybridized carbons (Fsp3) is 0.533. The van der Waals surface area contributed by atoms with Crippen LogP contribution in [0, 0.1) is 0 Å². The lowest BCUT2D eigenvalue weighted by Gasteiger charge is -2.16. The van der Waals surface area contributed by atoms with Crippen molar-refractivity contribution < 1.29 is 17.9 Å². The van der Waals surface area contributed by atoms with Gasteiger partial charge in [0.15, 0.2) is 0 Å². The lowest BCUT2D eigenvalue weighted by molar-refractivity contribution is 0.0526. The molecule has 0 heterocycles. The van der Waals surface area contributed by atoms with Gasteiger partial charge in [-0.05, 0) is 37.6 Å². The van der Waals surface area contributed by atoms with Crippen LogP contribution in [-0.2, 0) is 14.8 Å². The number of nitrogens with one attached hydrogen (secondary N) is 1. The van der Waals surface area contributed by atoms with E-state index in [1.807, 2.05) is 6.92 Å². The van der Waals surface area contributed by atoms with Crippen molar-refractivity contribution >= 4 is 28.4 Å². The molecule has 1 atom stereocenters. The molecule has 8 heteroatoms. The molecular weight excluding hydrogens is 340 g/mol. The van der Waals surface area contributed by atoms with Crippen LogP contribution in [0.5, 0.6) is 0 Å². The van der Waals surface area contributed by atoms with E-state index in [4.69, 9.17) is 10.5 Å². The number of carbonyl (C=O) groups is 1. The van der Waals surface area contributed by atoms with E-state index in [-0.39, 0.29) is 36.5 Å². The van der Waals surface area contributed by atoms with Gasteiger partial charge in [0.2, 0.25) is 10.0 Å². The Kier molecular flexibility index (Phi) is 10.1. The number of hydrogen-bond donors (Lipinski definition) is 2. The highest BCUT2D eigenvalue weighted by molar-refractivity contribution is 7.89. The van der Waals surface area contributed by atoms with Crippen LogP contribution in [0.1, 0.15) is 43.5 Å². The average molecular weight is 365 g/mol. The van der Waals surface area contributed by atoms with E-state index in [9.17, 15) is 13.2 Å². The van der Waals surface area contributed by atoms with Crippen molar-refractivity contribution in [1.82, 2.24) is 4.72 Å². The van der Waals surface area contributed by atoms with Crippen molar-refractivity contribution in [3.63, 3.8) is 0 Å². The van der Waals surface area contributed by atoms with Gasteiger partial charge in [-0.3, -0.25) is 0 Å². The molecule has 0 aliphatic carbocycles. The maximum atomic E-state index is 12.3. The lowest BCUT2D eigenvalue weighted by atomic mass is 10.1. The highest BCUT2D eigenvalue weighted by Crippen LogP contribution is 2.13. The van der Waals surface area contributed by atoms with Crippen molar-refractivity contribution in [3.8, 4) is 0 Å². The molecule has 1 rings (SSSR count). The fourth-order valence-corrected chi connectivity index (χ4v) is 3.23. The van der Waals surface area contributed by atoms with E-state index in [0.29, 0.717) is 12.0 Å². The maximum Gasteiger partial charge on any atom is 0.338 e. The summed E-state index contributed by atoms with van der Waals surface area (Å²) in [5.41, 5.74) is 5.93. The number of unbranched alkanes of at least 4 members (excludes halogenated alkanes) is 1. The number of nitrogens with two attached hydrogens (primary N) is 1. The zero-order valence-corrected chi connectivity index (χ0v) is 15.1. The monoisotopic (exact) mass is 364 g/mol. The Morgan fingerprint density at radius 3 is 2.35 bits per heavy atom. The predicted molar refractivity (Wildman–Crippen MR) is 92.3 cm³/mol. The Labute approximate surface area is 144 Å². The maximum absolute atomic E-state index is 12.3. The third kappa shape index (κ3) is 6.87. The van der Waals surface area contributed by atoms with Crippen molar-refractivity contribution in [2.24, 2.45) is 5.73 Å². The van der Waals surface area contributed by atoms with Crippen LogP contribution in [0.4, 0.5) is 0 Å². The molecule has 1 aromatic carbocycles. The van der Waals surface area contributed by atoms with E-state index in [1.165, 1.54) is 24.3 Å². The largest absolute Gasteiger partial charge is 0.462 e. The van der Waals surface area contributed by atoms with Gasteiger partial charge in [-0.2, -0.15) is 0 Å².